The molecule has 106 valence electrons. The highest BCUT2D eigenvalue weighted by molar-refractivity contribution is 5.95. The predicted octanol–water partition coefficient (Wildman–Crippen LogP) is 2.12. The molecule has 0 aliphatic heterocycles. The van der Waals surface area contributed by atoms with Crippen molar-refractivity contribution < 1.29 is 18.1 Å². The van der Waals surface area contributed by atoms with Gasteiger partial charge in [-0.1, -0.05) is 5.16 Å². The molecule has 0 fully saturated rings. The molecule has 0 radical (unpaired) electrons. The van der Waals surface area contributed by atoms with Crippen LogP contribution in [0.15, 0.2) is 22.7 Å². The van der Waals surface area contributed by atoms with Gasteiger partial charge in [0.05, 0.1) is 12.2 Å². The van der Waals surface area contributed by atoms with E-state index in [9.17, 15) is 13.6 Å². The van der Waals surface area contributed by atoms with Crippen LogP contribution in [-0.2, 0) is 6.54 Å². The molecular weight excluding hydrogens is 268 g/mol. The number of anilines is 1. The molecule has 0 unspecified atom stereocenters. The third kappa shape index (κ3) is 2.61. The molecule has 2 rings (SSSR count). The number of carbonyl (C=O) groups is 1. The summed E-state index contributed by atoms with van der Waals surface area (Å²) < 4.78 is 32.2. The number of rotatable bonds is 3. The summed E-state index contributed by atoms with van der Waals surface area (Å²) in [6, 6.07) is 3.66. The average molecular weight is 281 g/mol. The van der Waals surface area contributed by atoms with Gasteiger partial charge in [0.15, 0.2) is 5.82 Å². The van der Waals surface area contributed by atoms with E-state index in [0.29, 0.717) is 11.5 Å². The van der Waals surface area contributed by atoms with Gasteiger partial charge in [0.1, 0.15) is 22.8 Å². The predicted molar refractivity (Wildman–Crippen MR) is 67.8 cm³/mol. The third-order valence-electron chi connectivity index (χ3n) is 2.76. The van der Waals surface area contributed by atoms with Crippen molar-refractivity contribution in [3.05, 3.63) is 46.9 Å². The lowest BCUT2D eigenvalue weighted by atomic mass is 10.1. The maximum absolute atomic E-state index is 13.8. The van der Waals surface area contributed by atoms with Crippen LogP contribution in [0, 0.1) is 18.6 Å². The van der Waals surface area contributed by atoms with Crippen molar-refractivity contribution in [1.29, 1.82) is 0 Å². The van der Waals surface area contributed by atoms with Crippen molar-refractivity contribution in [2.45, 2.75) is 13.5 Å². The quantitative estimate of drug-likeness (QED) is 0.875. The smallest absolute Gasteiger partial charge is 0.260 e. The first-order valence-corrected chi connectivity index (χ1v) is 5.81. The van der Waals surface area contributed by atoms with Gasteiger partial charge < -0.3 is 15.2 Å². The first-order valence-electron chi connectivity index (χ1n) is 5.81. The van der Waals surface area contributed by atoms with Crippen molar-refractivity contribution in [3.8, 4) is 0 Å². The van der Waals surface area contributed by atoms with Gasteiger partial charge in [0, 0.05) is 13.1 Å². The van der Waals surface area contributed by atoms with E-state index < -0.39 is 23.1 Å². The maximum atomic E-state index is 13.8. The highest BCUT2D eigenvalue weighted by Gasteiger charge is 2.23. The topological polar surface area (TPSA) is 72.4 Å². The minimum atomic E-state index is -1.06. The summed E-state index contributed by atoms with van der Waals surface area (Å²) in [6.07, 6.45) is 0. The summed E-state index contributed by atoms with van der Waals surface area (Å²) >= 11 is 0. The van der Waals surface area contributed by atoms with Crippen molar-refractivity contribution in [2.75, 3.05) is 12.8 Å². The van der Waals surface area contributed by atoms with E-state index in [0.717, 1.165) is 17.0 Å². The lowest BCUT2D eigenvalue weighted by molar-refractivity contribution is 0.0772. The van der Waals surface area contributed by atoms with E-state index >= 15 is 0 Å². The first kappa shape index (κ1) is 14.0. The molecule has 1 aromatic heterocycles. The monoisotopic (exact) mass is 281 g/mol. The van der Waals surface area contributed by atoms with Gasteiger partial charge in [-0.05, 0) is 19.1 Å². The van der Waals surface area contributed by atoms with Gasteiger partial charge in [-0.2, -0.15) is 0 Å². The molecule has 2 N–H and O–H groups in total. The van der Waals surface area contributed by atoms with E-state index in [1.165, 1.54) is 7.05 Å². The van der Waals surface area contributed by atoms with Crippen molar-refractivity contribution in [3.63, 3.8) is 0 Å². The van der Waals surface area contributed by atoms with Crippen LogP contribution in [0.2, 0.25) is 0 Å². The number of aryl methyl sites for hydroxylation is 1. The largest absolute Gasteiger partial charge is 0.396 e. The molecule has 0 bridgehead atoms. The molecular formula is C13H13F2N3O2. The summed E-state index contributed by atoms with van der Waals surface area (Å²) in [6.45, 7) is 1.78. The second kappa shape index (κ2) is 5.28. The summed E-state index contributed by atoms with van der Waals surface area (Å²) in [4.78, 5) is 13.2. The fourth-order valence-electron chi connectivity index (χ4n) is 1.76. The maximum Gasteiger partial charge on any atom is 0.260 e. The number of nitrogens with two attached hydrogens (primary N) is 1. The molecule has 1 aromatic carbocycles. The molecule has 0 aliphatic rings. The minimum absolute atomic E-state index is 0.0733. The summed E-state index contributed by atoms with van der Waals surface area (Å²) in [5.74, 6) is -2.24. The molecule has 0 aliphatic carbocycles. The zero-order valence-corrected chi connectivity index (χ0v) is 11.0. The van der Waals surface area contributed by atoms with Gasteiger partial charge in [-0.3, -0.25) is 4.79 Å². The molecule has 1 amide bonds. The minimum Gasteiger partial charge on any atom is -0.396 e. The Balaban J connectivity index is 2.25. The van der Waals surface area contributed by atoms with E-state index in [2.05, 4.69) is 5.16 Å². The van der Waals surface area contributed by atoms with Crippen LogP contribution < -0.4 is 5.73 Å². The summed E-state index contributed by atoms with van der Waals surface area (Å²) in [7, 11) is 1.41. The van der Waals surface area contributed by atoms with Gasteiger partial charge in [-0.15, -0.1) is 0 Å². The second-order valence-electron chi connectivity index (χ2n) is 4.42. The van der Waals surface area contributed by atoms with Crippen LogP contribution in [-0.4, -0.2) is 23.0 Å². The van der Waals surface area contributed by atoms with Crippen LogP contribution in [0.3, 0.4) is 0 Å². The van der Waals surface area contributed by atoms with E-state index in [-0.39, 0.29) is 12.2 Å². The first-order chi connectivity index (χ1) is 9.40. The standard InChI is InChI=1S/C13H13F2N3O2/c1-7-5-8(17-20-7)6-18(2)13(19)11-9(14)3-4-10(16)12(11)15/h3-5H,6,16H2,1-2H3. The highest BCUT2D eigenvalue weighted by atomic mass is 19.1. The Kier molecular flexibility index (Phi) is 3.69. The molecule has 20 heavy (non-hydrogen) atoms. The number of aromatic nitrogens is 1. The van der Waals surface area contributed by atoms with Crippen LogP contribution in [0.1, 0.15) is 21.8 Å². The zero-order chi connectivity index (χ0) is 14.9. The number of nitrogens with zero attached hydrogens (tertiary/aromatic N) is 2. The number of halogens is 2. The van der Waals surface area contributed by atoms with Crippen molar-refractivity contribution >= 4 is 11.6 Å². The molecule has 0 atom stereocenters. The Morgan fingerprint density at radius 3 is 2.75 bits per heavy atom. The van der Waals surface area contributed by atoms with Crippen LogP contribution in [0.5, 0.6) is 0 Å². The van der Waals surface area contributed by atoms with E-state index in [1.54, 1.807) is 13.0 Å². The number of benzene rings is 1. The number of carbonyl (C=O) groups excluding carboxylic acids is 1. The number of amides is 1. The average Bonchev–Trinajstić information content (AvgIpc) is 2.79. The number of hydrogen-bond acceptors (Lipinski definition) is 4. The molecule has 2 aromatic rings. The third-order valence-corrected chi connectivity index (χ3v) is 2.76. The van der Waals surface area contributed by atoms with Gasteiger partial charge >= 0.3 is 0 Å². The summed E-state index contributed by atoms with van der Waals surface area (Å²) in [5.41, 5.74) is 4.88. The molecule has 7 heteroatoms. The molecule has 1 heterocycles. The Morgan fingerprint density at radius 2 is 2.15 bits per heavy atom. The molecule has 0 spiro atoms. The number of hydrogen-bond donors (Lipinski definition) is 1. The SMILES string of the molecule is Cc1cc(CN(C)C(=O)c2c(F)ccc(N)c2F)no1. The Morgan fingerprint density at radius 1 is 1.45 bits per heavy atom. The normalized spacial score (nSPS) is 10.6. The Hall–Kier alpha value is -2.44. The lowest BCUT2D eigenvalue weighted by Gasteiger charge is -2.16. The zero-order valence-electron chi connectivity index (χ0n) is 11.0. The van der Waals surface area contributed by atoms with Gasteiger partial charge in [0.2, 0.25) is 0 Å². The van der Waals surface area contributed by atoms with Crippen LogP contribution >= 0.6 is 0 Å². The van der Waals surface area contributed by atoms with Crippen molar-refractivity contribution in [2.24, 2.45) is 0 Å². The number of nitrogen functional groups attached to an aromatic ring is 1. The van der Waals surface area contributed by atoms with E-state index in [4.69, 9.17) is 10.3 Å². The lowest BCUT2D eigenvalue weighted by Crippen LogP contribution is -2.28. The molecule has 0 saturated heterocycles. The fourth-order valence-corrected chi connectivity index (χ4v) is 1.76. The second-order valence-corrected chi connectivity index (χ2v) is 4.42. The van der Waals surface area contributed by atoms with Crippen LogP contribution in [0.4, 0.5) is 14.5 Å². The molecule has 5 nitrogen and oxygen atoms in total. The van der Waals surface area contributed by atoms with Gasteiger partial charge in [-0.25, -0.2) is 8.78 Å². The highest BCUT2D eigenvalue weighted by Crippen LogP contribution is 2.20. The van der Waals surface area contributed by atoms with Crippen molar-refractivity contribution in [1.82, 2.24) is 10.1 Å². The summed E-state index contributed by atoms with van der Waals surface area (Å²) in [5, 5.41) is 3.71. The van der Waals surface area contributed by atoms with E-state index in [1.807, 2.05) is 0 Å². The van der Waals surface area contributed by atoms with Gasteiger partial charge in [0.25, 0.3) is 5.91 Å². The Bertz CT molecular complexity index is 655. The molecule has 0 saturated carbocycles. The van der Waals surface area contributed by atoms with Crippen LogP contribution in [0.25, 0.3) is 0 Å². The Labute approximate surface area is 114 Å². The fraction of sp³-hybridized carbons (Fsp3) is 0.231.